The molecule has 72 heavy (non-hydrogen) atoms. The standard InChI is InChI=1S/C66H110O6/c1-4-7-10-13-16-18-20-22-24-26-28-29-30-31-32-33-34-35-36-37-39-40-42-44-46-48-50-53-56-59-65(68)71-62-63(61-70-64(67)58-55-52-15-12-9-6-3)72-66(69)60-57-54-51-49-47-45-43-41-38-27-25-23-21-19-17-14-11-8-5-2/h8,11,17,19-20,22-23,25-26,28,30-31,38,41,45,47,51,54,63H,4-7,9-10,12-16,18,21,24,27,29,32-37,39-40,42-44,46,48-50,52-53,55-62H2,1-3H3/b11-8-,19-17-,22-20-,25-23-,28-26-,31-30-,41-38-,47-45-,54-51-. The molecule has 0 aliphatic heterocycles. The summed E-state index contributed by atoms with van der Waals surface area (Å²) in [5.41, 5.74) is 0. The van der Waals surface area contributed by atoms with Crippen molar-refractivity contribution in [3.63, 3.8) is 0 Å². The summed E-state index contributed by atoms with van der Waals surface area (Å²) >= 11 is 0. The molecule has 6 nitrogen and oxygen atoms in total. The molecule has 0 N–H and O–H groups in total. The zero-order valence-electron chi connectivity index (χ0n) is 46.9. The fourth-order valence-corrected chi connectivity index (χ4v) is 8.06. The maximum Gasteiger partial charge on any atom is 0.306 e. The number of esters is 3. The van der Waals surface area contributed by atoms with Gasteiger partial charge in [0.25, 0.3) is 0 Å². The average Bonchev–Trinajstić information content (AvgIpc) is 3.38. The van der Waals surface area contributed by atoms with Crippen molar-refractivity contribution in [2.75, 3.05) is 13.2 Å². The molecule has 0 saturated heterocycles. The maximum atomic E-state index is 12.8. The van der Waals surface area contributed by atoms with E-state index >= 15 is 0 Å². The van der Waals surface area contributed by atoms with Crippen LogP contribution in [0.15, 0.2) is 109 Å². The van der Waals surface area contributed by atoms with E-state index in [1.165, 1.54) is 135 Å². The number of rotatable bonds is 53. The Balaban J connectivity index is 4.17. The summed E-state index contributed by atoms with van der Waals surface area (Å²) in [7, 11) is 0. The van der Waals surface area contributed by atoms with Crippen molar-refractivity contribution >= 4 is 17.9 Å². The van der Waals surface area contributed by atoms with E-state index in [1.54, 1.807) is 0 Å². The van der Waals surface area contributed by atoms with Gasteiger partial charge < -0.3 is 14.2 Å². The third kappa shape index (κ3) is 57.0. The van der Waals surface area contributed by atoms with Crippen molar-refractivity contribution in [1.82, 2.24) is 0 Å². The lowest BCUT2D eigenvalue weighted by atomic mass is 10.0. The summed E-state index contributed by atoms with van der Waals surface area (Å²) in [5, 5.41) is 0. The highest BCUT2D eigenvalue weighted by Gasteiger charge is 2.19. The van der Waals surface area contributed by atoms with Gasteiger partial charge in [-0.3, -0.25) is 14.4 Å². The van der Waals surface area contributed by atoms with Crippen LogP contribution >= 0.6 is 0 Å². The van der Waals surface area contributed by atoms with Gasteiger partial charge in [0.1, 0.15) is 13.2 Å². The second kappa shape index (κ2) is 59.6. The van der Waals surface area contributed by atoms with Crippen LogP contribution in [0.1, 0.15) is 271 Å². The van der Waals surface area contributed by atoms with Crippen LogP contribution in [0.3, 0.4) is 0 Å². The fraction of sp³-hybridized carbons (Fsp3) is 0.682. The van der Waals surface area contributed by atoms with Gasteiger partial charge in [0.05, 0.1) is 0 Å². The Morgan fingerprint density at radius 2 is 0.569 bits per heavy atom. The summed E-state index contributed by atoms with van der Waals surface area (Å²) in [6.07, 6.45) is 81.4. The lowest BCUT2D eigenvalue weighted by molar-refractivity contribution is -0.166. The summed E-state index contributed by atoms with van der Waals surface area (Å²) in [6.45, 7) is 6.39. The highest BCUT2D eigenvalue weighted by atomic mass is 16.6. The lowest BCUT2D eigenvalue weighted by Gasteiger charge is -2.18. The second-order valence-corrected chi connectivity index (χ2v) is 19.5. The van der Waals surface area contributed by atoms with Gasteiger partial charge >= 0.3 is 17.9 Å². The van der Waals surface area contributed by atoms with E-state index in [9.17, 15) is 14.4 Å². The first-order valence-corrected chi connectivity index (χ1v) is 29.9. The molecule has 0 aliphatic carbocycles. The minimum Gasteiger partial charge on any atom is -0.462 e. The number of ether oxygens (including phenoxy) is 3. The third-order valence-electron chi connectivity index (χ3n) is 12.5. The molecular formula is C66H110O6. The van der Waals surface area contributed by atoms with Crippen molar-refractivity contribution in [2.45, 2.75) is 277 Å². The number of allylic oxidation sites excluding steroid dienone is 18. The van der Waals surface area contributed by atoms with Crippen molar-refractivity contribution in [2.24, 2.45) is 0 Å². The quantitative estimate of drug-likeness (QED) is 0.0261. The monoisotopic (exact) mass is 999 g/mol. The molecule has 0 aromatic carbocycles. The van der Waals surface area contributed by atoms with Crippen LogP contribution in [0.4, 0.5) is 0 Å². The number of carbonyl (C=O) groups is 3. The van der Waals surface area contributed by atoms with Gasteiger partial charge in [-0.25, -0.2) is 0 Å². The highest BCUT2D eigenvalue weighted by Crippen LogP contribution is 2.15. The van der Waals surface area contributed by atoms with E-state index in [2.05, 4.69) is 118 Å². The summed E-state index contributed by atoms with van der Waals surface area (Å²) in [5.74, 6) is -1.00. The number of carbonyl (C=O) groups excluding carboxylic acids is 3. The average molecular weight is 1000 g/mol. The molecule has 0 spiro atoms. The Bertz CT molecular complexity index is 1470. The zero-order valence-corrected chi connectivity index (χ0v) is 46.9. The number of hydrogen-bond acceptors (Lipinski definition) is 6. The minimum absolute atomic E-state index is 0.108. The molecule has 0 aromatic rings. The minimum atomic E-state index is -0.816. The van der Waals surface area contributed by atoms with Crippen molar-refractivity contribution < 1.29 is 28.6 Å². The van der Waals surface area contributed by atoms with Crippen molar-refractivity contribution in [3.05, 3.63) is 109 Å². The molecule has 0 fully saturated rings. The van der Waals surface area contributed by atoms with Gasteiger partial charge in [0.15, 0.2) is 6.10 Å². The highest BCUT2D eigenvalue weighted by molar-refractivity contribution is 5.71. The zero-order chi connectivity index (χ0) is 52.2. The van der Waals surface area contributed by atoms with Crippen LogP contribution < -0.4 is 0 Å². The smallest absolute Gasteiger partial charge is 0.306 e. The Morgan fingerprint density at radius 3 is 0.903 bits per heavy atom. The Hall–Kier alpha value is -3.93. The first-order chi connectivity index (χ1) is 35.5. The fourth-order valence-electron chi connectivity index (χ4n) is 8.06. The van der Waals surface area contributed by atoms with E-state index in [4.69, 9.17) is 14.2 Å². The van der Waals surface area contributed by atoms with Crippen LogP contribution in [0.2, 0.25) is 0 Å². The van der Waals surface area contributed by atoms with E-state index in [1.807, 2.05) is 12.2 Å². The largest absolute Gasteiger partial charge is 0.462 e. The van der Waals surface area contributed by atoms with Crippen LogP contribution in [-0.4, -0.2) is 37.2 Å². The van der Waals surface area contributed by atoms with Gasteiger partial charge in [-0.05, 0) is 96.3 Å². The predicted octanol–water partition coefficient (Wildman–Crippen LogP) is 20.3. The Kier molecular flexibility index (Phi) is 56.4. The molecule has 0 heterocycles. The topological polar surface area (TPSA) is 78.9 Å². The first kappa shape index (κ1) is 68.1. The van der Waals surface area contributed by atoms with Gasteiger partial charge in [0, 0.05) is 19.3 Å². The van der Waals surface area contributed by atoms with E-state index < -0.39 is 12.1 Å². The van der Waals surface area contributed by atoms with Gasteiger partial charge in [-0.2, -0.15) is 0 Å². The van der Waals surface area contributed by atoms with Crippen LogP contribution in [0, 0.1) is 0 Å². The van der Waals surface area contributed by atoms with E-state index in [0.717, 1.165) is 89.9 Å². The third-order valence-corrected chi connectivity index (χ3v) is 12.5. The van der Waals surface area contributed by atoms with E-state index in [0.29, 0.717) is 19.3 Å². The second-order valence-electron chi connectivity index (χ2n) is 19.5. The summed E-state index contributed by atoms with van der Waals surface area (Å²) < 4.78 is 16.7. The SMILES string of the molecule is CC/C=C\C/C=C\C/C=C\C/C=C\C/C=C\C/C=C\CCC(=O)OC(COC(=O)CCCCCCCC)COC(=O)CCCCCCCCCCCCCCCC/C=C\C/C=C\C/C=C\CCCCCCC. The van der Waals surface area contributed by atoms with Crippen molar-refractivity contribution in [3.8, 4) is 0 Å². The van der Waals surface area contributed by atoms with Crippen molar-refractivity contribution in [1.29, 1.82) is 0 Å². The molecule has 410 valence electrons. The molecule has 0 bridgehead atoms. The van der Waals surface area contributed by atoms with Crippen LogP contribution in [0.5, 0.6) is 0 Å². The molecule has 0 amide bonds. The first-order valence-electron chi connectivity index (χ1n) is 29.9. The Morgan fingerprint density at radius 1 is 0.292 bits per heavy atom. The molecular weight excluding hydrogens is 889 g/mol. The molecule has 0 radical (unpaired) electrons. The molecule has 0 rings (SSSR count). The lowest BCUT2D eigenvalue weighted by Crippen LogP contribution is -2.30. The van der Waals surface area contributed by atoms with Gasteiger partial charge in [0.2, 0.25) is 0 Å². The summed E-state index contributed by atoms with van der Waals surface area (Å²) in [6, 6.07) is 0. The van der Waals surface area contributed by atoms with Crippen LogP contribution in [0.25, 0.3) is 0 Å². The van der Waals surface area contributed by atoms with E-state index in [-0.39, 0.29) is 31.6 Å². The van der Waals surface area contributed by atoms with Crippen LogP contribution in [-0.2, 0) is 28.6 Å². The molecule has 0 saturated carbocycles. The molecule has 0 aliphatic rings. The molecule has 1 atom stereocenters. The Labute approximate surface area is 444 Å². The predicted molar refractivity (Wildman–Crippen MR) is 311 cm³/mol. The maximum absolute atomic E-state index is 12.8. The normalized spacial score (nSPS) is 12.9. The number of hydrogen-bond donors (Lipinski definition) is 0. The molecule has 1 unspecified atom stereocenters. The van der Waals surface area contributed by atoms with Gasteiger partial charge in [-0.15, -0.1) is 0 Å². The van der Waals surface area contributed by atoms with Gasteiger partial charge in [-0.1, -0.05) is 265 Å². The molecule has 6 heteroatoms. The molecule has 0 aromatic heterocycles. The summed E-state index contributed by atoms with van der Waals surface area (Å²) in [4.78, 5) is 37.9. The number of unbranched alkanes of at least 4 members (excludes halogenated alkanes) is 24.